The van der Waals surface area contributed by atoms with Gasteiger partial charge in [0.1, 0.15) is 17.3 Å². The van der Waals surface area contributed by atoms with Crippen LogP contribution >= 0.6 is 0 Å². The van der Waals surface area contributed by atoms with Crippen molar-refractivity contribution in [1.82, 2.24) is 0 Å². The van der Waals surface area contributed by atoms with Crippen LogP contribution in [0.3, 0.4) is 0 Å². The molecule has 0 atom stereocenters. The van der Waals surface area contributed by atoms with Crippen molar-refractivity contribution in [3.63, 3.8) is 0 Å². The number of carbonyl (C=O) groups excluding carboxylic acids is 1. The van der Waals surface area contributed by atoms with Gasteiger partial charge in [-0.3, -0.25) is 4.90 Å². The first-order valence-electron chi connectivity index (χ1n) is 5.63. The Morgan fingerprint density at radius 2 is 1.58 bits per heavy atom. The zero-order valence-corrected chi connectivity index (χ0v) is 10.2. The van der Waals surface area contributed by atoms with Gasteiger partial charge in [0.15, 0.2) is 0 Å². The number of hydrogen-bond acceptors (Lipinski definition) is 1. The van der Waals surface area contributed by atoms with Gasteiger partial charge in [-0.15, -0.1) is 0 Å². The fourth-order valence-electron chi connectivity index (χ4n) is 1.58. The van der Waals surface area contributed by atoms with Gasteiger partial charge in [0.2, 0.25) is 0 Å². The molecule has 2 amide bonds. The maximum Gasteiger partial charge on any atom is 0.326 e. The summed E-state index contributed by atoms with van der Waals surface area (Å²) < 4.78 is 26.8. The third-order valence-electron chi connectivity index (χ3n) is 2.64. The zero-order chi connectivity index (χ0) is 13.8. The second kappa shape index (κ2) is 5.48. The van der Waals surface area contributed by atoms with E-state index in [4.69, 9.17) is 0 Å². The van der Waals surface area contributed by atoms with E-state index in [0.29, 0.717) is 5.69 Å². The maximum atomic E-state index is 13.4. The summed E-state index contributed by atoms with van der Waals surface area (Å²) in [6.07, 6.45) is 0. The van der Waals surface area contributed by atoms with Gasteiger partial charge in [0.25, 0.3) is 0 Å². The Bertz CT molecular complexity index is 567. The van der Waals surface area contributed by atoms with Crippen LogP contribution in [0.15, 0.2) is 48.5 Å². The molecule has 1 N–H and O–H groups in total. The number of amides is 2. The van der Waals surface area contributed by atoms with E-state index >= 15 is 0 Å². The van der Waals surface area contributed by atoms with Crippen molar-refractivity contribution in [3.8, 4) is 0 Å². The smallest absolute Gasteiger partial charge is 0.302 e. The molecule has 98 valence electrons. The molecule has 0 bridgehead atoms. The van der Waals surface area contributed by atoms with E-state index in [1.807, 2.05) is 6.07 Å². The van der Waals surface area contributed by atoms with Crippen LogP contribution in [0.2, 0.25) is 0 Å². The van der Waals surface area contributed by atoms with Crippen LogP contribution in [-0.2, 0) is 0 Å². The Morgan fingerprint density at radius 3 is 2.16 bits per heavy atom. The number of nitrogens with one attached hydrogen (secondary N) is 1. The van der Waals surface area contributed by atoms with Crippen molar-refractivity contribution in [1.29, 1.82) is 0 Å². The Labute approximate surface area is 109 Å². The predicted octanol–water partition coefficient (Wildman–Crippen LogP) is 3.63. The number of nitrogens with zero attached hydrogens (tertiary/aromatic N) is 1. The highest BCUT2D eigenvalue weighted by Gasteiger charge is 2.15. The van der Waals surface area contributed by atoms with Crippen LogP contribution in [0.4, 0.5) is 25.0 Å². The molecular formula is C14H12F2N2O. The Balaban J connectivity index is 2.18. The number of hydrogen-bond donors (Lipinski definition) is 1. The molecule has 0 aliphatic carbocycles. The molecule has 2 aromatic carbocycles. The lowest BCUT2D eigenvalue weighted by atomic mass is 10.3. The van der Waals surface area contributed by atoms with Gasteiger partial charge in [-0.1, -0.05) is 24.3 Å². The number of benzene rings is 2. The minimum absolute atomic E-state index is 0.449. The van der Waals surface area contributed by atoms with Crippen LogP contribution in [0.25, 0.3) is 0 Å². The molecule has 0 aliphatic heterocycles. The molecule has 0 aromatic heterocycles. The van der Waals surface area contributed by atoms with Crippen LogP contribution in [0.1, 0.15) is 0 Å². The summed E-state index contributed by atoms with van der Waals surface area (Å²) in [7, 11) is 1.52. The minimum atomic E-state index is -0.810. The maximum absolute atomic E-state index is 13.4. The molecule has 0 unspecified atom stereocenters. The van der Waals surface area contributed by atoms with Crippen molar-refractivity contribution >= 4 is 17.4 Å². The average Bonchev–Trinajstić information content (AvgIpc) is 2.43. The number of para-hydroxylation sites is 2. The largest absolute Gasteiger partial charge is 0.326 e. The predicted molar refractivity (Wildman–Crippen MR) is 70.2 cm³/mol. The molecular weight excluding hydrogens is 250 g/mol. The van der Waals surface area contributed by atoms with E-state index in [9.17, 15) is 13.6 Å². The van der Waals surface area contributed by atoms with Crippen molar-refractivity contribution in [2.75, 3.05) is 17.3 Å². The standard InChI is InChI=1S/C14H12F2N2O/c1-18(10-6-3-2-4-7-10)14(19)17-13-11(15)8-5-9-12(13)16/h2-9H,1H3,(H,17,19). The van der Waals surface area contributed by atoms with E-state index in [1.54, 1.807) is 24.3 Å². The topological polar surface area (TPSA) is 32.3 Å². The van der Waals surface area contributed by atoms with Crippen molar-refractivity contribution in [2.24, 2.45) is 0 Å². The molecule has 0 spiro atoms. The molecule has 3 nitrogen and oxygen atoms in total. The number of carbonyl (C=O) groups is 1. The first kappa shape index (κ1) is 13.0. The van der Waals surface area contributed by atoms with Crippen molar-refractivity contribution in [3.05, 3.63) is 60.2 Å². The first-order valence-corrected chi connectivity index (χ1v) is 5.63. The molecule has 2 rings (SSSR count). The molecule has 0 aliphatic rings. The van der Waals surface area contributed by atoms with E-state index in [0.717, 1.165) is 12.1 Å². The van der Waals surface area contributed by atoms with E-state index < -0.39 is 23.4 Å². The average molecular weight is 262 g/mol. The zero-order valence-electron chi connectivity index (χ0n) is 10.2. The van der Waals surface area contributed by atoms with Crippen LogP contribution < -0.4 is 10.2 Å². The fraction of sp³-hybridized carbons (Fsp3) is 0.0714. The highest BCUT2D eigenvalue weighted by Crippen LogP contribution is 2.19. The Kier molecular flexibility index (Phi) is 3.75. The van der Waals surface area contributed by atoms with Gasteiger partial charge in [-0.25, -0.2) is 13.6 Å². The fourth-order valence-corrected chi connectivity index (χ4v) is 1.58. The SMILES string of the molecule is CN(C(=O)Nc1c(F)cccc1F)c1ccccc1. The molecule has 0 saturated heterocycles. The molecule has 19 heavy (non-hydrogen) atoms. The normalized spacial score (nSPS) is 10.1. The number of urea groups is 1. The second-order valence-electron chi connectivity index (χ2n) is 3.92. The highest BCUT2D eigenvalue weighted by atomic mass is 19.1. The summed E-state index contributed by atoms with van der Waals surface area (Å²) in [4.78, 5) is 13.2. The molecule has 0 saturated carbocycles. The quantitative estimate of drug-likeness (QED) is 0.880. The molecule has 0 fully saturated rings. The summed E-state index contributed by atoms with van der Waals surface area (Å²) in [5.41, 5.74) is 0.173. The lowest BCUT2D eigenvalue weighted by Gasteiger charge is -2.18. The van der Waals surface area contributed by atoms with Gasteiger partial charge in [-0.05, 0) is 24.3 Å². The summed E-state index contributed by atoms with van der Waals surface area (Å²) in [6, 6.07) is 11.6. The Morgan fingerprint density at radius 1 is 1.00 bits per heavy atom. The first-order chi connectivity index (χ1) is 9.09. The van der Waals surface area contributed by atoms with E-state index in [2.05, 4.69) is 5.32 Å². The van der Waals surface area contributed by atoms with Crippen molar-refractivity contribution in [2.45, 2.75) is 0 Å². The van der Waals surface area contributed by atoms with E-state index in [-0.39, 0.29) is 0 Å². The number of halogens is 2. The molecule has 0 heterocycles. The second-order valence-corrected chi connectivity index (χ2v) is 3.92. The minimum Gasteiger partial charge on any atom is -0.302 e. The highest BCUT2D eigenvalue weighted by molar-refractivity contribution is 6.01. The summed E-state index contributed by atoms with van der Waals surface area (Å²) in [5.74, 6) is -1.62. The van der Waals surface area contributed by atoms with Crippen LogP contribution in [0, 0.1) is 11.6 Å². The van der Waals surface area contributed by atoms with Gasteiger partial charge in [-0.2, -0.15) is 0 Å². The van der Waals surface area contributed by atoms with Gasteiger partial charge in [0, 0.05) is 12.7 Å². The van der Waals surface area contributed by atoms with Gasteiger partial charge < -0.3 is 5.32 Å². The van der Waals surface area contributed by atoms with E-state index in [1.165, 1.54) is 18.0 Å². The van der Waals surface area contributed by atoms with Gasteiger partial charge >= 0.3 is 6.03 Å². The number of anilines is 2. The lowest BCUT2D eigenvalue weighted by Crippen LogP contribution is -2.31. The lowest BCUT2D eigenvalue weighted by molar-refractivity contribution is 0.258. The van der Waals surface area contributed by atoms with Crippen molar-refractivity contribution < 1.29 is 13.6 Å². The third kappa shape index (κ3) is 2.88. The Hall–Kier alpha value is -2.43. The summed E-state index contributed by atoms with van der Waals surface area (Å²) in [6.45, 7) is 0. The summed E-state index contributed by atoms with van der Waals surface area (Å²) in [5, 5.41) is 2.21. The summed E-state index contributed by atoms with van der Waals surface area (Å²) >= 11 is 0. The molecule has 2 aromatic rings. The third-order valence-corrected chi connectivity index (χ3v) is 2.64. The molecule has 5 heteroatoms. The van der Waals surface area contributed by atoms with Crippen LogP contribution in [0.5, 0.6) is 0 Å². The van der Waals surface area contributed by atoms with Gasteiger partial charge in [0.05, 0.1) is 0 Å². The molecule has 0 radical (unpaired) electrons. The monoisotopic (exact) mass is 262 g/mol. The van der Waals surface area contributed by atoms with Crippen LogP contribution in [-0.4, -0.2) is 13.1 Å². The number of rotatable bonds is 2.